The minimum Gasteiger partial charge on any atom is -0.508 e. The van der Waals surface area contributed by atoms with Gasteiger partial charge in [-0.2, -0.15) is 5.10 Å². The van der Waals surface area contributed by atoms with Gasteiger partial charge in [0.1, 0.15) is 5.75 Å². The normalized spacial score (nSPS) is 10.2. The van der Waals surface area contributed by atoms with Crippen molar-refractivity contribution < 1.29 is 5.11 Å². The van der Waals surface area contributed by atoms with Crippen molar-refractivity contribution in [3.8, 4) is 17.0 Å². The summed E-state index contributed by atoms with van der Waals surface area (Å²) in [5.74, 6) is 0.208. The first-order chi connectivity index (χ1) is 7.16. The van der Waals surface area contributed by atoms with Gasteiger partial charge in [-0.05, 0) is 37.3 Å². The average molecular weight is 202 g/mol. The molecule has 0 fully saturated rings. The number of phenolic OH excluding ortho intramolecular Hbond substituents is 1. The molecule has 0 aliphatic rings. The number of aromatic amines is 1. The van der Waals surface area contributed by atoms with Crippen molar-refractivity contribution in [2.45, 2.75) is 6.92 Å². The first-order valence-corrected chi connectivity index (χ1v) is 4.52. The Labute approximate surface area is 86.2 Å². The molecule has 15 heavy (non-hydrogen) atoms. The summed E-state index contributed by atoms with van der Waals surface area (Å²) in [7, 11) is 0. The van der Waals surface area contributed by atoms with Gasteiger partial charge in [0.15, 0.2) is 0 Å². The summed E-state index contributed by atoms with van der Waals surface area (Å²) >= 11 is 0. The van der Waals surface area contributed by atoms with Crippen molar-refractivity contribution in [2.24, 2.45) is 0 Å². The molecule has 2 rings (SSSR count). The van der Waals surface area contributed by atoms with Crippen molar-refractivity contribution >= 4 is 0 Å². The number of aromatic nitrogens is 2. The standard InChI is InChI=1S/C11H10N2O2/c1-7-6-10(12-13-11(7)15)8-2-4-9(14)5-3-8/h2-6,14H,1H3,(H,13,15). The number of hydrogen-bond donors (Lipinski definition) is 2. The third-order valence-electron chi connectivity index (χ3n) is 2.15. The number of benzene rings is 1. The molecular weight excluding hydrogens is 192 g/mol. The Kier molecular flexibility index (Phi) is 2.25. The molecule has 0 radical (unpaired) electrons. The van der Waals surface area contributed by atoms with E-state index in [9.17, 15) is 4.79 Å². The van der Waals surface area contributed by atoms with Crippen LogP contribution in [0.15, 0.2) is 35.1 Å². The molecular formula is C11H10N2O2. The van der Waals surface area contributed by atoms with Crippen LogP contribution in [0.2, 0.25) is 0 Å². The summed E-state index contributed by atoms with van der Waals surface area (Å²) < 4.78 is 0. The van der Waals surface area contributed by atoms with Crippen LogP contribution in [-0.4, -0.2) is 15.3 Å². The topological polar surface area (TPSA) is 66.0 Å². The smallest absolute Gasteiger partial charge is 0.267 e. The van der Waals surface area contributed by atoms with Gasteiger partial charge in [0.05, 0.1) is 5.69 Å². The highest BCUT2D eigenvalue weighted by molar-refractivity contribution is 5.59. The van der Waals surface area contributed by atoms with Gasteiger partial charge in [0.2, 0.25) is 0 Å². The van der Waals surface area contributed by atoms with E-state index in [0.717, 1.165) is 5.56 Å². The van der Waals surface area contributed by atoms with E-state index in [4.69, 9.17) is 5.11 Å². The molecule has 0 amide bonds. The number of rotatable bonds is 1. The summed E-state index contributed by atoms with van der Waals surface area (Å²) in [4.78, 5) is 11.1. The molecule has 0 aliphatic carbocycles. The lowest BCUT2D eigenvalue weighted by Crippen LogP contribution is -2.11. The maximum absolute atomic E-state index is 11.1. The summed E-state index contributed by atoms with van der Waals surface area (Å²) in [5.41, 5.74) is 1.98. The lowest BCUT2D eigenvalue weighted by molar-refractivity contribution is 0.475. The second kappa shape index (κ2) is 3.57. The molecule has 0 saturated heterocycles. The van der Waals surface area contributed by atoms with Crippen molar-refractivity contribution in [1.29, 1.82) is 0 Å². The number of hydrogen-bond acceptors (Lipinski definition) is 3. The second-order valence-corrected chi connectivity index (χ2v) is 3.31. The number of aryl methyl sites for hydroxylation is 1. The molecule has 76 valence electrons. The van der Waals surface area contributed by atoms with Gasteiger partial charge < -0.3 is 5.11 Å². The van der Waals surface area contributed by atoms with Gasteiger partial charge in [-0.15, -0.1) is 0 Å². The predicted octanol–water partition coefficient (Wildman–Crippen LogP) is 1.45. The van der Waals surface area contributed by atoms with Gasteiger partial charge in [-0.3, -0.25) is 4.79 Å². The van der Waals surface area contributed by atoms with Gasteiger partial charge in [-0.25, -0.2) is 5.10 Å². The Hall–Kier alpha value is -2.10. The largest absolute Gasteiger partial charge is 0.508 e. The van der Waals surface area contributed by atoms with Gasteiger partial charge in [0.25, 0.3) is 5.56 Å². The summed E-state index contributed by atoms with van der Waals surface area (Å²) in [6.07, 6.45) is 0. The Morgan fingerprint density at radius 3 is 2.53 bits per heavy atom. The second-order valence-electron chi connectivity index (χ2n) is 3.31. The highest BCUT2D eigenvalue weighted by Crippen LogP contribution is 2.18. The van der Waals surface area contributed by atoms with E-state index in [0.29, 0.717) is 11.3 Å². The molecule has 2 N–H and O–H groups in total. The van der Waals surface area contributed by atoms with E-state index in [-0.39, 0.29) is 11.3 Å². The monoisotopic (exact) mass is 202 g/mol. The maximum Gasteiger partial charge on any atom is 0.267 e. The fourth-order valence-electron chi connectivity index (χ4n) is 1.28. The molecule has 1 aromatic heterocycles. The molecule has 4 heteroatoms. The molecule has 0 unspecified atom stereocenters. The third-order valence-corrected chi connectivity index (χ3v) is 2.15. The van der Waals surface area contributed by atoms with Crippen LogP contribution in [-0.2, 0) is 0 Å². The number of phenols is 1. The third kappa shape index (κ3) is 1.88. The van der Waals surface area contributed by atoms with Crippen LogP contribution in [0.1, 0.15) is 5.56 Å². The zero-order valence-corrected chi connectivity index (χ0v) is 8.19. The van der Waals surface area contributed by atoms with Crippen molar-refractivity contribution in [1.82, 2.24) is 10.2 Å². The Morgan fingerprint density at radius 2 is 1.93 bits per heavy atom. The first-order valence-electron chi connectivity index (χ1n) is 4.52. The molecule has 0 aliphatic heterocycles. The number of nitrogens with zero attached hydrogens (tertiary/aromatic N) is 1. The van der Waals surface area contributed by atoms with Crippen LogP contribution in [0.5, 0.6) is 5.75 Å². The number of H-pyrrole nitrogens is 1. The highest BCUT2D eigenvalue weighted by Gasteiger charge is 2.01. The van der Waals surface area contributed by atoms with Gasteiger partial charge in [-0.1, -0.05) is 0 Å². The van der Waals surface area contributed by atoms with E-state index in [1.54, 1.807) is 37.3 Å². The molecule has 0 spiro atoms. The molecule has 0 atom stereocenters. The van der Waals surface area contributed by atoms with Crippen molar-refractivity contribution in [3.05, 3.63) is 46.2 Å². The lowest BCUT2D eigenvalue weighted by Gasteiger charge is -2.00. The van der Waals surface area contributed by atoms with Crippen LogP contribution >= 0.6 is 0 Å². The fraction of sp³-hybridized carbons (Fsp3) is 0.0909. The van der Waals surface area contributed by atoms with E-state index in [2.05, 4.69) is 10.2 Å². The number of nitrogens with one attached hydrogen (secondary N) is 1. The zero-order valence-electron chi connectivity index (χ0n) is 8.19. The Morgan fingerprint density at radius 1 is 1.27 bits per heavy atom. The van der Waals surface area contributed by atoms with Crippen LogP contribution in [0.25, 0.3) is 11.3 Å². The van der Waals surface area contributed by atoms with Crippen LogP contribution in [0.4, 0.5) is 0 Å². The van der Waals surface area contributed by atoms with Crippen LogP contribution < -0.4 is 5.56 Å². The minimum atomic E-state index is -0.183. The average Bonchev–Trinajstić information content (AvgIpc) is 2.23. The van der Waals surface area contributed by atoms with E-state index >= 15 is 0 Å². The van der Waals surface area contributed by atoms with Gasteiger partial charge in [0, 0.05) is 11.1 Å². The quantitative estimate of drug-likeness (QED) is 0.735. The molecule has 0 saturated carbocycles. The first kappa shape index (κ1) is 9.45. The van der Waals surface area contributed by atoms with E-state index < -0.39 is 0 Å². The number of aromatic hydroxyl groups is 1. The molecule has 4 nitrogen and oxygen atoms in total. The summed E-state index contributed by atoms with van der Waals surface area (Å²) in [6.45, 7) is 1.73. The van der Waals surface area contributed by atoms with E-state index in [1.807, 2.05) is 0 Å². The maximum atomic E-state index is 11.1. The molecule has 2 aromatic rings. The molecule has 0 bridgehead atoms. The summed E-state index contributed by atoms with van der Waals surface area (Å²) in [5, 5.41) is 15.5. The molecule has 1 aromatic carbocycles. The fourth-order valence-corrected chi connectivity index (χ4v) is 1.28. The Balaban J connectivity index is 2.50. The van der Waals surface area contributed by atoms with E-state index in [1.165, 1.54) is 0 Å². The van der Waals surface area contributed by atoms with Crippen molar-refractivity contribution in [2.75, 3.05) is 0 Å². The SMILES string of the molecule is Cc1cc(-c2ccc(O)cc2)n[nH]c1=O. The van der Waals surface area contributed by atoms with Crippen LogP contribution in [0, 0.1) is 6.92 Å². The molecule has 1 heterocycles. The zero-order chi connectivity index (χ0) is 10.8. The Bertz CT molecular complexity index is 529. The lowest BCUT2D eigenvalue weighted by atomic mass is 10.1. The highest BCUT2D eigenvalue weighted by atomic mass is 16.3. The van der Waals surface area contributed by atoms with Gasteiger partial charge >= 0.3 is 0 Å². The predicted molar refractivity (Wildman–Crippen MR) is 56.7 cm³/mol. The van der Waals surface area contributed by atoms with Crippen molar-refractivity contribution in [3.63, 3.8) is 0 Å². The minimum absolute atomic E-state index is 0.183. The summed E-state index contributed by atoms with van der Waals surface area (Å²) in [6, 6.07) is 8.37. The van der Waals surface area contributed by atoms with Crippen LogP contribution in [0.3, 0.4) is 0 Å².